The van der Waals surface area contributed by atoms with Crippen molar-refractivity contribution in [2.75, 3.05) is 11.9 Å². The monoisotopic (exact) mass is 196 g/mol. The summed E-state index contributed by atoms with van der Waals surface area (Å²) in [4.78, 5) is 11.5. The highest BCUT2D eigenvalue weighted by Gasteiger charge is 2.21. The molecule has 2 N–H and O–H groups in total. The summed E-state index contributed by atoms with van der Waals surface area (Å²) in [5.74, 6) is 0.0934. The summed E-state index contributed by atoms with van der Waals surface area (Å²) in [6, 6.07) is 1.93. The van der Waals surface area contributed by atoms with E-state index in [2.05, 4.69) is 10.6 Å². The summed E-state index contributed by atoms with van der Waals surface area (Å²) < 4.78 is 0. The number of carbonyl (C=O) groups is 1. The molecule has 1 atom stereocenters. The molecule has 1 aliphatic heterocycles. The fourth-order valence-electron chi connectivity index (χ4n) is 1.47. The molecule has 0 aromatic carbocycles. The van der Waals surface area contributed by atoms with Crippen molar-refractivity contribution in [2.45, 2.75) is 18.9 Å². The fraction of sp³-hybridized carbons (Fsp3) is 0.444. The Morgan fingerprint density at radius 2 is 2.62 bits per heavy atom. The molecule has 0 spiro atoms. The van der Waals surface area contributed by atoms with Crippen molar-refractivity contribution < 1.29 is 4.79 Å². The van der Waals surface area contributed by atoms with Gasteiger partial charge in [-0.3, -0.25) is 4.79 Å². The minimum atomic E-state index is 0.0138. The standard InChI is InChI=1S/C9H12N2OS/c12-9(8-2-1-4-10-8)11-7-3-5-13-6-7/h3,5-6,8,10H,1-2,4H2,(H,11,12)/t8-/m1/s1. The van der Waals surface area contributed by atoms with Crippen LogP contribution < -0.4 is 10.6 Å². The Bertz CT molecular complexity index is 278. The number of nitrogens with one attached hydrogen (secondary N) is 2. The molecule has 1 aromatic heterocycles. The Hall–Kier alpha value is -0.870. The molecule has 0 saturated carbocycles. The second-order valence-corrected chi connectivity index (χ2v) is 3.93. The number of rotatable bonds is 2. The second-order valence-electron chi connectivity index (χ2n) is 3.15. The number of amides is 1. The number of anilines is 1. The first-order valence-electron chi connectivity index (χ1n) is 4.43. The van der Waals surface area contributed by atoms with Gasteiger partial charge >= 0.3 is 0 Å². The lowest BCUT2D eigenvalue weighted by atomic mass is 10.2. The molecule has 1 aliphatic rings. The fourth-order valence-corrected chi connectivity index (χ4v) is 2.06. The predicted octanol–water partition coefficient (Wildman–Crippen LogP) is 1.44. The average Bonchev–Trinajstić information content (AvgIpc) is 2.74. The first-order valence-corrected chi connectivity index (χ1v) is 5.37. The number of hydrogen-bond acceptors (Lipinski definition) is 3. The zero-order valence-electron chi connectivity index (χ0n) is 7.25. The second kappa shape index (κ2) is 3.89. The van der Waals surface area contributed by atoms with Crippen molar-refractivity contribution in [1.82, 2.24) is 5.32 Å². The van der Waals surface area contributed by atoms with Crippen LogP contribution in [0.2, 0.25) is 0 Å². The Morgan fingerprint density at radius 3 is 3.23 bits per heavy atom. The first-order chi connectivity index (χ1) is 6.36. The molecule has 1 saturated heterocycles. The van der Waals surface area contributed by atoms with Crippen molar-refractivity contribution in [3.8, 4) is 0 Å². The molecule has 4 heteroatoms. The van der Waals surface area contributed by atoms with Crippen LogP contribution in [0.1, 0.15) is 12.8 Å². The zero-order chi connectivity index (χ0) is 9.10. The van der Waals surface area contributed by atoms with Crippen LogP contribution in [0, 0.1) is 0 Å². The highest BCUT2D eigenvalue weighted by atomic mass is 32.1. The summed E-state index contributed by atoms with van der Waals surface area (Å²) >= 11 is 1.59. The van der Waals surface area contributed by atoms with Gasteiger partial charge in [0.2, 0.25) is 5.91 Å². The van der Waals surface area contributed by atoms with E-state index in [-0.39, 0.29) is 11.9 Å². The smallest absolute Gasteiger partial charge is 0.241 e. The van der Waals surface area contributed by atoms with Gasteiger partial charge in [-0.15, -0.1) is 0 Å². The molecule has 1 amide bonds. The lowest BCUT2D eigenvalue weighted by Crippen LogP contribution is -2.35. The Kier molecular flexibility index (Phi) is 2.61. The Balaban J connectivity index is 1.91. The van der Waals surface area contributed by atoms with E-state index in [1.807, 2.05) is 16.8 Å². The van der Waals surface area contributed by atoms with Crippen molar-refractivity contribution >= 4 is 22.9 Å². The average molecular weight is 196 g/mol. The summed E-state index contributed by atoms with van der Waals surface area (Å²) in [6.45, 7) is 0.960. The minimum absolute atomic E-state index is 0.0138. The number of carbonyl (C=O) groups excluding carboxylic acids is 1. The highest BCUT2D eigenvalue weighted by molar-refractivity contribution is 7.08. The van der Waals surface area contributed by atoms with Crippen LogP contribution in [0.3, 0.4) is 0 Å². The zero-order valence-corrected chi connectivity index (χ0v) is 8.06. The van der Waals surface area contributed by atoms with Crippen LogP contribution in [0.4, 0.5) is 5.69 Å². The van der Waals surface area contributed by atoms with Gasteiger partial charge in [-0.05, 0) is 30.8 Å². The third kappa shape index (κ3) is 2.08. The van der Waals surface area contributed by atoms with E-state index in [1.54, 1.807) is 11.3 Å². The number of thiophene rings is 1. The molecule has 0 radical (unpaired) electrons. The van der Waals surface area contributed by atoms with E-state index in [0.717, 1.165) is 25.1 Å². The maximum absolute atomic E-state index is 11.5. The van der Waals surface area contributed by atoms with Gasteiger partial charge in [-0.25, -0.2) is 0 Å². The van der Waals surface area contributed by atoms with Crippen LogP contribution in [0.15, 0.2) is 16.8 Å². The summed E-state index contributed by atoms with van der Waals surface area (Å²) in [7, 11) is 0. The maximum Gasteiger partial charge on any atom is 0.241 e. The topological polar surface area (TPSA) is 41.1 Å². The summed E-state index contributed by atoms with van der Waals surface area (Å²) in [5, 5.41) is 9.93. The molecule has 2 rings (SSSR count). The summed E-state index contributed by atoms with van der Waals surface area (Å²) in [6.07, 6.45) is 2.05. The third-order valence-electron chi connectivity index (χ3n) is 2.17. The predicted molar refractivity (Wildman–Crippen MR) is 54.0 cm³/mol. The van der Waals surface area contributed by atoms with Crippen LogP contribution in [0.5, 0.6) is 0 Å². The van der Waals surface area contributed by atoms with Gasteiger partial charge in [-0.2, -0.15) is 11.3 Å². The van der Waals surface area contributed by atoms with Crippen molar-refractivity contribution in [3.63, 3.8) is 0 Å². The quantitative estimate of drug-likeness (QED) is 0.751. The largest absolute Gasteiger partial charge is 0.324 e. The Labute approximate surface area is 81.2 Å². The molecule has 13 heavy (non-hydrogen) atoms. The van der Waals surface area contributed by atoms with E-state index in [9.17, 15) is 4.79 Å². The van der Waals surface area contributed by atoms with Gasteiger partial charge in [0.15, 0.2) is 0 Å². The molecule has 0 aliphatic carbocycles. The third-order valence-corrected chi connectivity index (χ3v) is 2.85. The van der Waals surface area contributed by atoms with E-state index in [1.165, 1.54) is 0 Å². The molecule has 0 unspecified atom stereocenters. The lowest BCUT2D eigenvalue weighted by molar-refractivity contribution is -0.117. The number of hydrogen-bond donors (Lipinski definition) is 2. The first kappa shape index (κ1) is 8.72. The molecule has 0 bridgehead atoms. The van der Waals surface area contributed by atoms with Gasteiger partial charge < -0.3 is 10.6 Å². The van der Waals surface area contributed by atoms with Crippen molar-refractivity contribution in [2.24, 2.45) is 0 Å². The maximum atomic E-state index is 11.5. The van der Waals surface area contributed by atoms with Crippen molar-refractivity contribution in [3.05, 3.63) is 16.8 Å². The lowest BCUT2D eigenvalue weighted by Gasteiger charge is -2.09. The van der Waals surface area contributed by atoms with Gasteiger partial charge in [-0.1, -0.05) is 0 Å². The SMILES string of the molecule is O=C(Nc1ccsc1)[C@H]1CCCN1. The van der Waals surface area contributed by atoms with E-state index in [0.29, 0.717) is 0 Å². The van der Waals surface area contributed by atoms with Gasteiger partial charge in [0.05, 0.1) is 11.7 Å². The van der Waals surface area contributed by atoms with E-state index >= 15 is 0 Å². The molecule has 3 nitrogen and oxygen atoms in total. The van der Waals surface area contributed by atoms with E-state index in [4.69, 9.17) is 0 Å². The van der Waals surface area contributed by atoms with Crippen LogP contribution in [-0.4, -0.2) is 18.5 Å². The van der Waals surface area contributed by atoms with Gasteiger partial charge in [0.1, 0.15) is 0 Å². The van der Waals surface area contributed by atoms with Gasteiger partial charge in [0.25, 0.3) is 0 Å². The highest BCUT2D eigenvalue weighted by Crippen LogP contribution is 2.13. The molecule has 70 valence electrons. The molecule has 1 aromatic rings. The minimum Gasteiger partial charge on any atom is -0.324 e. The molecular formula is C9H12N2OS. The van der Waals surface area contributed by atoms with E-state index < -0.39 is 0 Å². The molecule has 1 fully saturated rings. The van der Waals surface area contributed by atoms with Crippen LogP contribution in [0.25, 0.3) is 0 Å². The van der Waals surface area contributed by atoms with Crippen LogP contribution in [-0.2, 0) is 4.79 Å². The Morgan fingerprint density at radius 1 is 1.69 bits per heavy atom. The molecule has 2 heterocycles. The van der Waals surface area contributed by atoms with Crippen LogP contribution >= 0.6 is 11.3 Å². The summed E-state index contributed by atoms with van der Waals surface area (Å²) in [5.41, 5.74) is 0.906. The normalized spacial score (nSPS) is 21.7. The van der Waals surface area contributed by atoms with Crippen molar-refractivity contribution in [1.29, 1.82) is 0 Å². The molecular weight excluding hydrogens is 184 g/mol. The van der Waals surface area contributed by atoms with Gasteiger partial charge in [0, 0.05) is 5.38 Å².